The van der Waals surface area contributed by atoms with E-state index in [-0.39, 0.29) is 11.7 Å². The highest BCUT2D eigenvalue weighted by molar-refractivity contribution is 7.99. The molecule has 0 spiro atoms. The van der Waals surface area contributed by atoms with Crippen LogP contribution in [-0.4, -0.2) is 26.8 Å². The number of H-pyrrole nitrogens is 1. The van der Waals surface area contributed by atoms with Crippen molar-refractivity contribution in [3.8, 4) is 0 Å². The molecule has 5 nitrogen and oxygen atoms in total. The molecule has 130 valence electrons. The van der Waals surface area contributed by atoms with E-state index in [0.29, 0.717) is 5.16 Å². The second kappa shape index (κ2) is 7.72. The standard InChI is InChI=1S/C19H16N4OS2/c24-18(20-16-9-3-6-13-5-1-2-8-15(13)16)12-26-19-21-17(22-23-19)11-14-7-4-10-25-14/h1-10H,11-12H2,(H,20,24)(H,21,22,23). The summed E-state index contributed by atoms with van der Waals surface area (Å²) in [7, 11) is 0. The van der Waals surface area contributed by atoms with E-state index >= 15 is 0 Å². The Morgan fingerprint density at radius 3 is 2.88 bits per heavy atom. The van der Waals surface area contributed by atoms with Crippen LogP contribution in [0.1, 0.15) is 10.7 Å². The molecule has 0 saturated heterocycles. The SMILES string of the molecule is O=C(CSc1n[nH]c(Cc2cccs2)n1)Nc1cccc2ccccc12. The first-order valence-electron chi connectivity index (χ1n) is 8.12. The number of nitrogens with one attached hydrogen (secondary N) is 2. The molecule has 0 aliphatic carbocycles. The minimum atomic E-state index is -0.0732. The van der Waals surface area contributed by atoms with Gasteiger partial charge in [0.05, 0.1) is 5.75 Å². The monoisotopic (exact) mass is 380 g/mol. The zero-order valence-electron chi connectivity index (χ0n) is 13.8. The predicted octanol–water partition coefficient (Wildman–Crippen LogP) is 4.34. The normalized spacial score (nSPS) is 10.9. The van der Waals surface area contributed by atoms with Crippen LogP contribution in [0, 0.1) is 0 Å². The number of thiophene rings is 1. The molecule has 4 aromatic rings. The van der Waals surface area contributed by atoms with E-state index in [2.05, 4.69) is 26.6 Å². The molecular weight excluding hydrogens is 364 g/mol. The lowest BCUT2D eigenvalue weighted by Crippen LogP contribution is -2.14. The van der Waals surface area contributed by atoms with E-state index in [4.69, 9.17) is 0 Å². The van der Waals surface area contributed by atoms with Crippen LogP contribution in [0.2, 0.25) is 0 Å². The molecule has 2 heterocycles. The Morgan fingerprint density at radius 1 is 1.12 bits per heavy atom. The number of nitrogens with zero attached hydrogens (tertiary/aromatic N) is 2. The first-order chi connectivity index (χ1) is 12.8. The van der Waals surface area contributed by atoms with Gasteiger partial charge in [-0.1, -0.05) is 54.2 Å². The van der Waals surface area contributed by atoms with Gasteiger partial charge in [-0.25, -0.2) is 4.98 Å². The van der Waals surface area contributed by atoms with Crippen LogP contribution >= 0.6 is 23.1 Å². The number of anilines is 1. The smallest absolute Gasteiger partial charge is 0.234 e. The Bertz CT molecular complexity index is 1020. The van der Waals surface area contributed by atoms with Gasteiger partial charge in [-0.2, -0.15) is 0 Å². The number of hydrogen-bond acceptors (Lipinski definition) is 5. The molecular formula is C19H16N4OS2. The number of fused-ring (bicyclic) bond motifs is 1. The van der Waals surface area contributed by atoms with Gasteiger partial charge in [-0.3, -0.25) is 9.89 Å². The summed E-state index contributed by atoms with van der Waals surface area (Å²) in [5, 5.41) is 14.8. The maximum absolute atomic E-state index is 12.3. The number of rotatable bonds is 6. The van der Waals surface area contributed by atoms with Crippen LogP contribution in [-0.2, 0) is 11.2 Å². The Balaban J connectivity index is 1.36. The number of thioether (sulfide) groups is 1. The van der Waals surface area contributed by atoms with Crippen molar-refractivity contribution in [3.63, 3.8) is 0 Å². The topological polar surface area (TPSA) is 70.7 Å². The van der Waals surface area contributed by atoms with Gasteiger partial charge in [0, 0.05) is 22.4 Å². The van der Waals surface area contributed by atoms with Gasteiger partial charge in [-0.15, -0.1) is 16.4 Å². The van der Waals surface area contributed by atoms with E-state index in [1.54, 1.807) is 11.3 Å². The molecule has 0 aliphatic heterocycles. The third-order valence-electron chi connectivity index (χ3n) is 3.83. The van der Waals surface area contributed by atoms with Crippen molar-refractivity contribution in [2.75, 3.05) is 11.1 Å². The molecule has 0 fully saturated rings. The number of amides is 1. The van der Waals surface area contributed by atoms with Gasteiger partial charge in [-0.05, 0) is 22.9 Å². The second-order valence-corrected chi connectivity index (χ2v) is 7.66. The molecule has 26 heavy (non-hydrogen) atoms. The van der Waals surface area contributed by atoms with E-state index in [1.165, 1.54) is 16.6 Å². The minimum absolute atomic E-state index is 0.0732. The third kappa shape index (κ3) is 3.95. The Kier molecular flexibility index (Phi) is 4.99. The minimum Gasteiger partial charge on any atom is -0.325 e. The van der Waals surface area contributed by atoms with Gasteiger partial charge >= 0.3 is 0 Å². The Hall–Kier alpha value is -2.64. The predicted molar refractivity (Wildman–Crippen MR) is 107 cm³/mol. The largest absolute Gasteiger partial charge is 0.325 e. The van der Waals surface area contributed by atoms with Crippen molar-refractivity contribution in [2.45, 2.75) is 11.6 Å². The first-order valence-corrected chi connectivity index (χ1v) is 9.98. The molecule has 0 radical (unpaired) electrons. The summed E-state index contributed by atoms with van der Waals surface area (Å²) in [5.41, 5.74) is 0.821. The highest BCUT2D eigenvalue weighted by Crippen LogP contribution is 2.23. The maximum atomic E-state index is 12.3. The van der Waals surface area contributed by atoms with Gasteiger partial charge < -0.3 is 5.32 Å². The maximum Gasteiger partial charge on any atom is 0.234 e. The highest BCUT2D eigenvalue weighted by Gasteiger charge is 2.10. The lowest BCUT2D eigenvalue weighted by molar-refractivity contribution is -0.113. The molecule has 7 heteroatoms. The summed E-state index contributed by atoms with van der Waals surface area (Å²) < 4.78 is 0. The van der Waals surface area contributed by atoms with Gasteiger partial charge in [0.15, 0.2) is 0 Å². The van der Waals surface area contributed by atoms with Crippen LogP contribution < -0.4 is 5.32 Å². The molecule has 0 bridgehead atoms. The van der Waals surface area contributed by atoms with Crippen LogP contribution in [0.3, 0.4) is 0 Å². The van der Waals surface area contributed by atoms with Crippen molar-refractivity contribution >= 4 is 45.5 Å². The molecule has 2 aromatic carbocycles. The van der Waals surface area contributed by atoms with Gasteiger partial charge in [0.1, 0.15) is 5.82 Å². The summed E-state index contributed by atoms with van der Waals surface area (Å²) in [4.78, 5) is 18.0. The Morgan fingerprint density at radius 2 is 2.00 bits per heavy atom. The van der Waals surface area contributed by atoms with Crippen molar-refractivity contribution < 1.29 is 4.79 Å². The highest BCUT2D eigenvalue weighted by atomic mass is 32.2. The van der Waals surface area contributed by atoms with Crippen molar-refractivity contribution in [3.05, 3.63) is 70.7 Å². The molecule has 0 saturated carbocycles. The molecule has 1 amide bonds. The number of carbonyl (C=O) groups excluding carboxylic acids is 1. The van der Waals surface area contributed by atoms with Gasteiger partial charge in [0.2, 0.25) is 11.1 Å². The van der Waals surface area contributed by atoms with E-state index in [0.717, 1.165) is 28.7 Å². The first kappa shape index (κ1) is 16.8. The quantitative estimate of drug-likeness (QED) is 0.488. The number of benzene rings is 2. The fourth-order valence-electron chi connectivity index (χ4n) is 2.65. The van der Waals surface area contributed by atoms with E-state index in [1.807, 2.05) is 53.9 Å². The lowest BCUT2D eigenvalue weighted by atomic mass is 10.1. The molecule has 0 atom stereocenters. The van der Waals surface area contributed by atoms with E-state index in [9.17, 15) is 4.79 Å². The zero-order chi connectivity index (χ0) is 17.8. The summed E-state index contributed by atoms with van der Waals surface area (Å²) >= 11 is 3.01. The third-order valence-corrected chi connectivity index (χ3v) is 5.55. The van der Waals surface area contributed by atoms with Crippen LogP contribution in [0.25, 0.3) is 10.8 Å². The lowest BCUT2D eigenvalue weighted by Gasteiger charge is -2.08. The van der Waals surface area contributed by atoms with Gasteiger partial charge in [0.25, 0.3) is 0 Å². The molecule has 4 rings (SSSR count). The van der Waals surface area contributed by atoms with Crippen molar-refractivity contribution in [1.29, 1.82) is 0 Å². The molecule has 0 aliphatic rings. The summed E-state index contributed by atoms with van der Waals surface area (Å²) in [6, 6.07) is 18.0. The second-order valence-electron chi connectivity index (χ2n) is 5.68. The number of aromatic amines is 1. The Labute approximate surface area is 158 Å². The van der Waals surface area contributed by atoms with E-state index < -0.39 is 0 Å². The average Bonchev–Trinajstić information content (AvgIpc) is 3.33. The number of hydrogen-bond donors (Lipinski definition) is 2. The molecule has 0 unspecified atom stereocenters. The van der Waals surface area contributed by atoms with Crippen LogP contribution in [0.15, 0.2) is 65.1 Å². The number of carbonyl (C=O) groups is 1. The van der Waals surface area contributed by atoms with Crippen molar-refractivity contribution in [1.82, 2.24) is 15.2 Å². The zero-order valence-corrected chi connectivity index (χ0v) is 15.4. The molecule has 2 N–H and O–H groups in total. The summed E-state index contributed by atoms with van der Waals surface area (Å²) in [6.45, 7) is 0. The summed E-state index contributed by atoms with van der Waals surface area (Å²) in [6.07, 6.45) is 0.730. The molecule has 2 aromatic heterocycles. The van der Waals surface area contributed by atoms with Crippen LogP contribution in [0.4, 0.5) is 5.69 Å². The fourth-order valence-corrected chi connectivity index (χ4v) is 3.98. The van der Waals surface area contributed by atoms with Crippen molar-refractivity contribution in [2.24, 2.45) is 0 Å². The fraction of sp³-hybridized carbons (Fsp3) is 0.105. The number of aromatic nitrogens is 3. The summed E-state index contributed by atoms with van der Waals surface area (Å²) in [5.74, 6) is 1.000. The van der Waals surface area contributed by atoms with Crippen LogP contribution in [0.5, 0.6) is 0 Å². The average molecular weight is 380 g/mol.